The van der Waals surface area contributed by atoms with E-state index in [2.05, 4.69) is 21.5 Å². The van der Waals surface area contributed by atoms with Crippen LogP contribution in [0.4, 0.5) is 11.5 Å². The van der Waals surface area contributed by atoms with Gasteiger partial charge >= 0.3 is 0 Å². The maximum Gasteiger partial charge on any atom is 0.224 e. The Bertz CT molecular complexity index is 1070. The first-order valence-electron chi connectivity index (χ1n) is 10.5. The molecular weight excluding hydrogens is 388 g/mol. The Morgan fingerprint density at radius 1 is 1.10 bits per heavy atom. The number of hydrogen-bond donors (Lipinski definition) is 1. The third kappa shape index (κ3) is 4.75. The normalized spacial score (nSPS) is 18.2. The van der Waals surface area contributed by atoms with Crippen molar-refractivity contribution >= 4 is 17.4 Å². The minimum Gasteiger partial charge on any atom is -0.367 e. The summed E-state index contributed by atoms with van der Waals surface area (Å²) in [6, 6.07) is 14.3. The molecule has 4 rings (SSSR count). The quantitative estimate of drug-likeness (QED) is 0.678. The van der Waals surface area contributed by atoms with Gasteiger partial charge < -0.3 is 10.2 Å². The molecule has 0 atom stereocenters. The van der Waals surface area contributed by atoms with Crippen LogP contribution in [0.5, 0.6) is 0 Å². The largest absolute Gasteiger partial charge is 0.367 e. The SMILES string of the molecule is CC(=O)N(c1ccc(-c2cnn(C)c2)cc1)[C@H]1CC[C@H](Nc2ccc(C#N)cn2)CC1. The number of hydrogen-bond acceptors (Lipinski definition) is 5. The van der Waals surface area contributed by atoms with Crippen LogP contribution in [-0.2, 0) is 11.8 Å². The highest BCUT2D eigenvalue weighted by molar-refractivity contribution is 5.92. The van der Waals surface area contributed by atoms with Crippen molar-refractivity contribution in [1.29, 1.82) is 5.26 Å². The Morgan fingerprint density at radius 2 is 1.84 bits per heavy atom. The molecule has 1 saturated carbocycles. The number of pyridine rings is 1. The third-order valence-electron chi connectivity index (χ3n) is 5.83. The fourth-order valence-corrected chi connectivity index (χ4v) is 4.27. The number of amides is 1. The lowest BCUT2D eigenvalue weighted by molar-refractivity contribution is -0.117. The van der Waals surface area contributed by atoms with Crippen molar-refractivity contribution in [3.8, 4) is 17.2 Å². The summed E-state index contributed by atoms with van der Waals surface area (Å²) in [4.78, 5) is 18.7. The van der Waals surface area contributed by atoms with E-state index < -0.39 is 0 Å². The molecule has 0 saturated heterocycles. The van der Waals surface area contributed by atoms with E-state index in [0.29, 0.717) is 11.6 Å². The van der Waals surface area contributed by atoms with Gasteiger partial charge in [-0.25, -0.2) is 4.98 Å². The Kier molecular flexibility index (Phi) is 5.99. The molecule has 0 aliphatic heterocycles. The van der Waals surface area contributed by atoms with Crippen molar-refractivity contribution in [2.75, 3.05) is 10.2 Å². The lowest BCUT2D eigenvalue weighted by Gasteiger charge is -2.37. The van der Waals surface area contributed by atoms with Gasteiger partial charge in [0.1, 0.15) is 11.9 Å². The van der Waals surface area contributed by atoms with Crippen molar-refractivity contribution in [2.24, 2.45) is 7.05 Å². The minimum absolute atomic E-state index is 0.0688. The molecule has 1 amide bonds. The fourth-order valence-electron chi connectivity index (χ4n) is 4.27. The Hall–Kier alpha value is -3.66. The molecule has 1 aliphatic rings. The van der Waals surface area contributed by atoms with Crippen LogP contribution >= 0.6 is 0 Å². The lowest BCUT2D eigenvalue weighted by atomic mass is 9.89. The Labute approximate surface area is 182 Å². The molecule has 1 aliphatic carbocycles. The van der Waals surface area contributed by atoms with Crippen molar-refractivity contribution in [1.82, 2.24) is 14.8 Å². The summed E-state index contributed by atoms with van der Waals surface area (Å²) in [6.45, 7) is 1.64. The zero-order valence-electron chi connectivity index (χ0n) is 17.8. The Balaban J connectivity index is 1.40. The number of carbonyl (C=O) groups excluding carboxylic acids is 1. The number of aromatic nitrogens is 3. The number of anilines is 2. The van der Waals surface area contributed by atoms with Crippen LogP contribution in [0.2, 0.25) is 0 Å². The fraction of sp³-hybridized carbons (Fsp3) is 0.333. The van der Waals surface area contributed by atoms with Gasteiger partial charge in [0.25, 0.3) is 0 Å². The van der Waals surface area contributed by atoms with Gasteiger partial charge in [0.05, 0.1) is 11.8 Å². The molecular formula is C24H26N6O. The average Bonchev–Trinajstić information content (AvgIpc) is 3.22. The standard InChI is InChI=1S/C24H26N6O/c1-17(31)30(22-8-4-19(5-9-22)20-15-27-29(2)16-20)23-10-6-21(7-11-23)28-24-12-3-18(13-25)14-26-24/h3-5,8-9,12,14-16,21,23H,6-7,10-11H2,1-2H3,(H,26,28)/t21-,23-. The second-order valence-electron chi connectivity index (χ2n) is 8.03. The van der Waals surface area contributed by atoms with E-state index in [9.17, 15) is 4.79 Å². The molecule has 7 heteroatoms. The van der Waals surface area contributed by atoms with E-state index in [1.165, 1.54) is 0 Å². The van der Waals surface area contributed by atoms with Crippen molar-refractivity contribution in [3.63, 3.8) is 0 Å². The van der Waals surface area contributed by atoms with Crippen LogP contribution in [0.3, 0.4) is 0 Å². The van der Waals surface area contributed by atoms with Crippen LogP contribution < -0.4 is 10.2 Å². The van der Waals surface area contributed by atoms with Gasteiger partial charge in [0, 0.05) is 49.7 Å². The van der Waals surface area contributed by atoms with Gasteiger partial charge in [-0.15, -0.1) is 0 Å². The second-order valence-corrected chi connectivity index (χ2v) is 8.03. The number of rotatable bonds is 5. The van der Waals surface area contributed by atoms with E-state index in [0.717, 1.165) is 48.3 Å². The smallest absolute Gasteiger partial charge is 0.224 e. The average molecular weight is 415 g/mol. The van der Waals surface area contributed by atoms with Gasteiger partial charge in [-0.2, -0.15) is 10.4 Å². The lowest BCUT2D eigenvalue weighted by Crippen LogP contribution is -2.43. The highest BCUT2D eigenvalue weighted by Gasteiger charge is 2.28. The summed E-state index contributed by atoms with van der Waals surface area (Å²) in [6.07, 6.45) is 9.19. The number of nitriles is 1. The molecule has 3 aromatic rings. The number of nitrogens with one attached hydrogen (secondary N) is 1. The maximum atomic E-state index is 12.5. The van der Waals surface area contributed by atoms with Crippen LogP contribution in [0.15, 0.2) is 55.0 Å². The highest BCUT2D eigenvalue weighted by Crippen LogP contribution is 2.30. The predicted molar refractivity (Wildman–Crippen MR) is 120 cm³/mol. The molecule has 0 radical (unpaired) electrons. The Morgan fingerprint density at radius 3 is 2.39 bits per heavy atom. The van der Waals surface area contributed by atoms with Crippen LogP contribution in [0.1, 0.15) is 38.2 Å². The van der Waals surface area contributed by atoms with Gasteiger partial charge in [0.2, 0.25) is 5.91 Å². The third-order valence-corrected chi connectivity index (χ3v) is 5.83. The van der Waals surface area contributed by atoms with E-state index in [1.807, 2.05) is 54.7 Å². The van der Waals surface area contributed by atoms with Crippen molar-refractivity contribution in [3.05, 3.63) is 60.6 Å². The van der Waals surface area contributed by atoms with Gasteiger partial charge in [-0.1, -0.05) is 12.1 Å². The minimum atomic E-state index is 0.0688. The molecule has 158 valence electrons. The van der Waals surface area contributed by atoms with Crippen molar-refractivity contribution < 1.29 is 4.79 Å². The number of aryl methyl sites for hydroxylation is 1. The number of nitrogens with zero attached hydrogens (tertiary/aromatic N) is 5. The first kappa shape index (κ1) is 20.6. The summed E-state index contributed by atoms with van der Waals surface area (Å²) >= 11 is 0. The molecule has 0 bridgehead atoms. The zero-order chi connectivity index (χ0) is 21.8. The number of benzene rings is 1. The molecule has 7 nitrogen and oxygen atoms in total. The van der Waals surface area contributed by atoms with Crippen molar-refractivity contribution in [2.45, 2.75) is 44.7 Å². The molecule has 2 aromatic heterocycles. The van der Waals surface area contributed by atoms with Gasteiger partial charge in [-0.05, 0) is 55.5 Å². The molecule has 0 spiro atoms. The first-order chi connectivity index (χ1) is 15.0. The number of carbonyl (C=O) groups is 1. The van der Waals surface area contributed by atoms with E-state index in [4.69, 9.17) is 5.26 Å². The zero-order valence-corrected chi connectivity index (χ0v) is 17.8. The van der Waals surface area contributed by atoms with E-state index >= 15 is 0 Å². The van der Waals surface area contributed by atoms with Crippen LogP contribution in [0, 0.1) is 11.3 Å². The second kappa shape index (κ2) is 9.00. The van der Waals surface area contributed by atoms with Gasteiger partial charge in [-0.3, -0.25) is 9.48 Å². The van der Waals surface area contributed by atoms with Crippen LogP contribution in [0.25, 0.3) is 11.1 Å². The summed E-state index contributed by atoms with van der Waals surface area (Å²) in [5.74, 6) is 0.858. The van der Waals surface area contributed by atoms with Crippen LogP contribution in [-0.4, -0.2) is 32.8 Å². The summed E-state index contributed by atoms with van der Waals surface area (Å²) in [5.41, 5.74) is 3.64. The predicted octanol–water partition coefficient (Wildman–Crippen LogP) is 4.13. The van der Waals surface area contributed by atoms with Gasteiger partial charge in [0.15, 0.2) is 0 Å². The topological polar surface area (TPSA) is 86.8 Å². The van der Waals surface area contributed by atoms with E-state index in [-0.39, 0.29) is 11.9 Å². The highest BCUT2D eigenvalue weighted by atomic mass is 16.2. The molecule has 31 heavy (non-hydrogen) atoms. The summed E-state index contributed by atoms with van der Waals surface area (Å²) < 4.78 is 1.78. The monoisotopic (exact) mass is 414 g/mol. The molecule has 2 heterocycles. The summed E-state index contributed by atoms with van der Waals surface area (Å²) in [5, 5.41) is 16.6. The summed E-state index contributed by atoms with van der Waals surface area (Å²) in [7, 11) is 1.90. The molecule has 1 aromatic carbocycles. The van der Waals surface area contributed by atoms with E-state index in [1.54, 1.807) is 23.9 Å². The molecule has 1 N–H and O–H groups in total. The first-order valence-corrected chi connectivity index (χ1v) is 10.5. The molecule has 0 unspecified atom stereocenters. The maximum absolute atomic E-state index is 12.5. The molecule has 1 fully saturated rings.